The smallest absolute Gasteiger partial charge is 0.126 e. The van der Waals surface area contributed by atoms with Gasteiger partial charge in [-0.05, 0) is 57.0 Å². The largest absolute Gasteiger partial charge is 0.297 e. The maximum Gasteiger partial charge on any atom is 0.126 e. The Kier molecular flexibility index (Phi) is 3.06. The van der Waals surface area contributed by atoms with Gasteiger partial charge in [-0.3, -0.25) is 4.90 Å². The summed E-state index contributed by atoms with van der Waals surface area (Å²) in [5.41, 5.74) is 1.83. The predicted octanol–water partition coefficient (Wildman–Crippen LogP) is 3.29. The predicted molar refractivity (Wildman–Crippen MR) is 60.4 cm³/mol. The summed E-state index contributed by atoms with van der Waals surface area (Å²) in [6, 6.07) is 5.94. The number of likely N-dealkylation sites (tertiary alicyclic amines) is 1. The fraction of sp³-hybridized carbons (Fsp3) is 0.538. The number of benzene rings is 1. The summed E-state index contributed by atoms with van der Waals surface area (Å²) in [6.07, 6.45) is 2.55. The molecule has 1 fully saturated rings. The van der Waals surface area contributed by atoms with E-state index in [1.54, 1.807) is 13.0 Å². The minimum absolute atomic E-state index is 0.0847. The lowest BCUT2D eigenvalue weighted by Gasteiger charge is -2.24. The molecular formula is C13H18FN. The molecule has 1 aromatic rings. The average molecular weight is 207 g/mol. The zero-order valence-electron chi connectivity index (χ0n) is 9.46. The molecule has 1 aliphatic rings. The van der Waals surface area contributed by atoms with Crippen molar-refractivity contribution in [2.45, 2.75) is 32.7 Å². The molecule has 0 amide bonds. The van der Waals surface area contributed by atoms with Crippen molar-refractivity contribution < 1.29 is 4.39 Å². The highest BCUT2D eigenvalue weighted by Gasteiger charge is 2.19. The maximum absolute atomic E-state index is 13.4. The average Bonchev–Trinajstić information content (AvgIpc) is 2.74. The molecule has 1 heterocycles. The molecule has 0 saturated carbocycles. The number of nitrogens with zero attached hydrogens (tertiary/aromatic N) is 1. The topological polar surface area (TPSA) is 3.24 Å². The summed E-state index contributed by atoms with van der Waals surface area (Å²) in [5.74, 6) is -0.0847. The molecule has 0 aromatic heterocycles. The highest BCUT2D eigenvalue weighted by molar-refractivity contribution is 5.25. The third-order valence-corrected chi connectivity index (χ3v) is 3.37. The van der Waals surface area contributed by atoms with Gasteiger partial charge in [0, 0.05) is 6.04 Å². The lowest BCUT2D eigenvalue weighted by molar-refractivity contribution is 0.262. The molecule has 1 aliphatic heterocycles. The van der Waals surface area contributed by atoms with E-state index in [1.807, 2.05) is 12.1 Å². The second-order valence-corrected chi connectivity index (χ2v) is 4.43. The normalized spacial score (nSPS) is 19.4. The Bertz CT molecular complexity index is 342. The van der Waals surface area contributed by atoms with Gasteiger partial charge in [-0.2, -0.15) is 0 Å². The molecule has 82 valence electrons. The molecule has 0 radical (unpaired) electrons. The van der Waals surface area contributed by atoms with Crippen LogP contribution in [0.4, 0.5) is 4.39 Å². The third-order valence-electron chi connectivity index (χ3n) is 3.37. The second kappa shape index (κ2) is 4.31. The molecule has 0 bridgehead atoms. The van der Waals surface area contributed by atoms with Crippen molar-refractivity contribution in [2.24, 2.45) is 0 Å². The Morgan fingerprint density at radius 1 is 1.27 bits per heavy atom. The molecule has 1 aromatic carbocycles. The highest BCUT2D eigenvalue weighted by atomic mass is 19.1. The first-order valence-corrected chi connectivity index (χ1v) is 5.68. The van der Waals surface area contributed by atoms with Crippen LogP contribution >= 0.6 is 0 Å². The van der Waals surface area contributed by atoms with E-state index >= 15 is 0 Å². The van der Waals surface area contributed by atoms with Crippen LogP contribution in [0.1, 0.15) is 36.9 Å². The van der Waals surface area contributed by atoms with E-state index in [-0.39, 0.29) is 5.82 Å². The van der Waals surface area contributed by atoms with Crippen LogP contribution in [0, 0.1) is 12.7 Å². The molecule has 1 atom stereocenters. The van der Waals surface area contributed by atoms with Crippen molar-refractivity contribution in [3.63, 3.8) is 0 Å². The van der Waals surface area contributed by atoms with E-state index in [9.17, 15) is 4.39 Å². The van der Waals surface area contributed by atoms with Crippen LogP contribution in [0.15, 0.2) is 18.2 Å². The van der Waals surface area contributed by atoms with Gasteiger partial charge in [0.25, 0.3) is 0 Å². The Balaban J connectivity index is 2.17. The van der Waals surface area contributed by atoms with Gasteiger partial charge < -0.3 is 0 Å². The SMILES string of the molecule is Cc1ccc(C(C)N2CCCC2)cc1F. The van der Waals surface area contributed by atoms with E-state index in [1.165, 1.54) is 12.8 Å². The van der Waals surface area contributed by atoms with E-state index in [0.717, 1.165) is 24.2 Å². The number of halogens is 1. The number of hydrogen-bond acceptors (Lipinski definition) is 1. The fourth-order valence-electron chi connectivity index (χ4n) is 2.21. The quantitative estimate of drug-likeness (QED) is 0.719. The van der Waals surface area contributed by atoms with Crippen molar-refractivity contribution in [1.29, 1.82) is 0 Å². The highest BCUT2D eigenvalue weighted by Crippen LogP contribution is 2.25. The zero-order valence-corrected chi connectivity index (χ0v) is 9.46. The zero-order chi connectivity index (χ0) is 10.8. The molecule has 0 spiro atoms. The molecule has 2 heteroatoms. The molecule has 1 nitrogen and oxygen atoms in total. The Labute approximate surface area is 90.9 Å². The number of rotatable bonds is 2. The first kappa shape index (κ1) is 10.6. The first-order chi connectivity index (χ1) is 7.18. The van der Waals surface area contributed by atoms with Gasteiger partial charge in [0.1, 0.15) is 5.82 Å². The van der Waals surface area contributed by atoms with E-state index in [4.69, 9.17) is 0 Å². The molecule has 0 aliphatic carbocycles. The summed E-state index contributed by atoms with van der Waals surface area (Å²) >= 11 is 0. The van der Waals surface area contributed by atoms with Gasteiger partial charge in [-0.1, -0.05) is 12.1 Å². The second-order valence-electron chi connectivity index (χ2n) is 4.43. The lowest BCUT2D eigenvalue weighted by atomic mass is 10.1. The minimum Gasteiger partial charge on any atom is -0.297 e. The summed E-state index contributed by atoms with van der Waals surface area (Å²) in [5, 5.41) is 0. The van der Waals surface area contributed by atoms with Crippen molar-refractivity contribution >= 4 is 0 Å². The van der Waals surface area contributed by atoms with Crippen LogP contribution in [0.2, 0.25) is 0 Å². The summed E-state index contributed by atoms with van der Waals surface area (Å²) < 4.78 is 13.4. The van der Waals surface area contributed by atoms with Crippen LogP contribution < -0.4 is 0 Å². The van der Waals surface area contributed by atoms with Crippen molar-refractivity contribution in [3.05, 3.63) is 35.1 Å². The van der Waals surface area contributed by atoms with Gasteiger partial charge in [-0.25, -0.2) is 4.39 Å². The van der Waals surface area contributed by atoms with Crippen LogP contribution in [0.5, 0.6) is 0 Å². The molecule has 1 unspecified atom stereocenters. The molecular weight excluding hydrogens is 189 g/mol. The standard InChI is InChI=1S/C13H18FN/c1-10-5-6-12(9-13(10)14)11(2)15-7-3-4-8-15/h5-6,9,11H,3-4,7-8H2,1-2H3. The van der Waals surface area contributed by atoms with Gasteiger partial charge in [0.15, 0.2) is 0 Å². The van der Waals surface area contributed by atoms with E-state index < -0.39 is 0 Å². The summed E-state index contributed by atoms with van der Waals surface area (Å²) in [6.45, 7) is 6.27. The van der Waals surface area contributed by atoms with Crippen LogP contribution in [0.25, 0.3) is 0 Å². The Morgan fingerprint density at radius 3 is 2.53 bits per heavy atom. The number of aryl methyl sites for hydroxylation is 1. The van der Waals surface area contributed by atoms with Gasteiger partial charge in [-0.15, -0.1) is 0 Å². The van der Waals surface area contributed by atoms with Gasteiger partial charge in [0.2, 0.25) is 0 Å². The van der Waals surface area contributed by atoms with Gasteiger partial charge >= 0.3 is 0 Å². The molecule has 1 saturated heterocycles. The van der Waals surface area contributed by atoms with Crippen molar-refractivity contribution in [1.82, 2.24) is 4.90 Å². The fourth-order valence-corrected chi connectivity index (χ4v) is 2.21. The molecule has 0 N–H and O–H groups in total. The van der Waals surface area contributed by atoms with Crippen LogP contribution in [0.3, 0.4) is 0 Å². The lowest BCUT2D eigenvalue weighted by Crippen LogP contribution is -2.23. The van der Waals surface area contributed by atoms with Crippen molar-refractivity contribution in [3.8, 4) is 0 Å². The van der Waals surface area contributed by atoms with Gasteiger partial charge in [0.05, 0.1) is 0 Å². The first-order valence-electron chi connectivity index (χ1n) is 5.68. The molecule has 15 heavy (non-hydrogen) atoms. The molecule has 2 rings (SSSR count). The third kappa shape index (κ3) is 2.20. The van der Waals surface area contributed by atoms with E-state index in [0.29, 0.717) is 6.04 Å². The number of hydrogen-bond donors (Lipinski definition) is 0. The van der Waals surface area contributed by atoms with Crippen LogP contribution in [-0.2, 0) is 0 Å². The monoisotopic (exact) mass is 207 g/mol. The summed E-state index contributed by atoms with van der Waals surface area (Å²) in [4.78, 5) is 2.42. The maximum atomic E-state index is 13.4. The minimum atomic E-state index is -0.0847. The van der Waals surface area contributed by atoms with Crippen LogP contribution in [-0.4, -0.2) is 18.0 Å². The van der Waals surface area contributed by atoms with Crippen molar-refractivity contribution in [2.75, 3.05) is 13.1 Å². The Morgan fingerprint density at radius 2 is 1.93 bits per heavy atom. The van der Waals surface area contributed by atoms with E-state index in [2.05, 4.69) is 11.8 Å². The summed E-state index contributed by atoms with van der Waals surface area (Å²) in [7, 11) is 0. The Hall–Kier alpha value is -0.890.